The van der Waals surface area contributed by atoms with Gasteiger partial charge in [-0.3, -0.25) is 9.36 Å². The molecule has 0 aliphatic rings. The van der Waals surface area contributed by atoms with Gasteiger partial charge in [-0.2, -0.15) is 0 Å². The Bertz CT molecular complexity index is 1240. The molecule has 2 aromatic carbocycles. The van der Waals surface area contributed by atoms with E-state index in [4.69, 9.17) is 0 Å². The van der Waals surface area contributed by atoms with Crippen LogP contribution < -0.4 is 11.2 Å². The van der Waals surface area contributed by atoms with E-state index < -0.39 is 17.1 Å². The van der Waals surface area contributed by atoms with E-state index in [0.29, 0.717) is 5.69 Å². The Labute approximate surface area is 147 Å². The van der Waals surface area contributed by atoms with Gasteiger partial charge in [0.25, 0.3) is 5.56 Å². The number of aromatic nitrogens is 4. The first kappa shape index (κ1) is 16.0. The number of hydrogen-bond acceptors (Lipinski definition) is 3. The SMILES string of the molecule is Cc1cccc(-n2c(=O)n(Cc3ccccc3F)c(=O)c3[nH]cnc32)c1. The van der Waals surface area contributed by atoms with Crippen LogP contribution in [0.15, 0.2) is 64.4 Å². The maximum atomic E-state index is 14.0. The summed E-state index contributed by atoms with van der Waals surface area (Å²) in [5, 5.41) is 0. The van der Waals surface area contributed by atoms with E-state index in [-0.39, 0.29) is 23.3 Å². The van der Waals surface area contributed by atoms with Crippen molar-refractivity contribution in [3.63, 3.8) is 0 Å². The molecule has 0 atom stereocenters. The smallest absolute Gasteiger partial charge is 0.337 e. The van der Waals surface area contributed by atoms with Gasteiger partial charge in [0.1, 0.15) is 11.3 Å². The fourth-order valence-electron chi connectivity index (χ4n) is 2.98. The summed E-state index contributed by atoms with van der Waals surface area (Å²) < 4.78 is 16.4. The molecule has 2 heterocycles. The Morgan fingerprint density at radius 1 is 1.12 bits per heavy atom. The molecule has 4 rings (SSSR count). The van der Waals surface area contributed by atoms with E-state index in [1.807, 2.05) is 25.1 Å². The molecule has 0 saturated carbocycles. The number of imidazole rings is 1. The highest BCUT2D eigenvalue weighted by Gasteiger charge is 2.17. The van der Waals surface area contributed by atoms with Crippen molar-refractivity contribution in [1.29, 1.82) is 0 Å². The largest absolute Gasteiger partial charge is 0.339 e. The van der Waals surface area contributed by atoms with Crippen molar-refractivity contribution in [3.05, 3.63) is 92.6 Å². The van der Waals surface area contributed by atoms with Gasteiger partial charge in [0.2, 0.25) is 0 Å². The average Bonchev–Trinajstić information content (AvgIpc) is 3.10. The molecular formula is C19H15FN4O2. The number of nitrogens with one attached hydrogen (secondary N) is 1. The summed E-state index contributed by atoms with van der Waals surface area (Å²) in [6.45, 7) is 1.75. The summed E-state index contributed by atoms with van der Waals surface area (Å²) in [6.07, 6.45) is 1.37. The van der Waals surface area contributed by atoms with Crippen LogP contribution in [0.1, 0.15) is 11.1 Å². The van der Waals surface area contributed by atoms with Gasteiger partial charge in [-0.25, -0.2) is 18.7 Å². The molecule has 1 N–H and O–H groups in total. The molecule has 0 spiro atoms. The molecular weight excluding hydrogens is 335 g/mol. The number of rotatable bonds is 3. The predicted octanol–water partition coefficient (Wildman–Crippen LogP) is 2.37. The van der Waals surface area contributed by atoms with Crippen LogP contribution in [-0.2, 0) is 6.54 Å². The first-order chi connectivity index (χ1) is 12.6. The lowest BCUT2D eigenvalue weighted by Crippen LogP contribution is -2.40. The van der Waals surface area contributed by atoms with Gasteiger partial charge >= 0.3 is 5.69 Å². The lowest BCUT2D eigenvalue weighted by molar-refractivity contribution is 0.587. The molecule has 0 aliphatic heterocycles. The molecule has 0 aliphatic carbocycles. The number of hydrogen-bond donors (Lipinski definition) is 1. The molecule has 2 aromatic heterocycles. The van der Waals surface area contributed by atoms with Crippen LogP contribution in [0, 0.1) is 12.7 Å². The third-order valence-electron chi connectivity index (χ3n) is 4.26. The minimum atomic E-state index is -0.566. The molecule has 4 aromatic rings. The molecule has 0 saturated heterocycles. The lowest BCUT2D eigenvalue weighted by Gasteiger charge is -2.12. The second kappa shape index (κ2) is 6.11. The van der Waals surface area contributed by atoms with Crippen molar-refractivity contribution in [2.75, 3.05) is 0 Å². The van der Waals surface area contributed by atoms with Crippen molar-refractivity contribution < 1.29 is 4.39 Å². The number of benzene rings is 2. The Hall–Kier alpha value is -3.48. The Morgan fingerprint density at radius 3 is 2.69 bits per heavy atom. The number of nitrogens with zero attached hydrogens (tertiary/aromatic N) is 3. The van der Waals surface area contributed by atoms with Gasteiger partial charge in [0.05, 0.1) is 18.6 Å². The fourth-order valence-corrected chi connectivity index (χ4v) is 2.98. The molecule has 0 bridgehead atoms. The monoisotopic (exact) mass is 350 g/mol. The van der Waals surface area contributed by atoms with Gasteiger partial charge in [-0.1, -0.05) is 30.3 Å². The molecule has 130 valence electrons. The summed E-state index contributed by atoms with van der Waals surface area (Å²) in [5.74, 6) is -0.467. The summed E-state index contributed by atoms with van der Waals surface area (Å²) in [7, 11) is 0. The van der Waals surface area contributed by atoms with Gasteiger partial charge in [-0.15, -0.1) is 0 Å². The average molecular weight is 350 g/mol. The van der Waals surface area contributed by atoms with Crippen LogP contribution in [0.3, 0.4) is 0 Å². The van der Waals surface area contributed by atoms with Crippen molar-refractivity contribution in [1.82, 2.24) is 19.1 Å². The van der Waals surface area contributed by atoms with E-state index in [0.717, 1.165) is 10.1 Å². The summed E-state index contributed by atoms with van der Waals surface area (Å²) in [4.78, 5) is 32.7. The number of halogens is 1. The third kappa shape index (κ3) is 2.54. The molecule has 0 unspecified atom stereocenters. The predicted molar refractivity (Wildman–Crippen MR) is 96.2 cm³/mol. The van der Waals surface area contributed by atoms with Gasteiger partial charge in [0.15, 0.2) is 5.65 Å². The van der Waals surface area contributed by atoms with Crippen LogP contribution in [0.25, 0.3) is 16.9 Å². The zero-order valence-electron chi connectivity index (χ0n) is 13.9. The topological polar surface area (TPSA) is 72.7 Å². The minimum absolute atomic E-state index is 0.162. The van der Waals surface area contributed by atoms with E-state index in [1.165, 1.54) is 17.0 Å². The second-order valence-electron chi connectivity index (χ2n) is 6.04. The highest BCUT2D eigenvalue weighted by molar-refractivity contribution is 5.71. The van der Waals surface area contributed by atoms with E-state index in [2.05, 4.69) is 9.97 Å². The fraction of sp³-hybridized carbons (Fsp3) is 0.105. The first-order valence-electron chi connectivity index (χ1n) is 8.05. The zero-order valence-corrected chi connectivity index (χ0v) is 13.9. The van der Waals surface area contributed by atoms with Gasteiger partial charge in [-0.05, 0) is 30.7 Å². The van der Waals surface area contributed by atoms with Crippen molar-refractivity contribution in [3.8, 4) is 5.69 Å². The highest BCUT2D eigenvalue weighted by Crippen LogP contribution is 2.13. The van der Waals surface area contributed by atoms with E-state index in [9.17, 15) is 14.0 Å². The van der Waals surface area contributed by atoms with Crippen LogP contribution in [0.4, 0.5) is 4.39 Å². The van der Waals surface area contributed by atoms with Crippen molar-refractivity contribution in [2.24, 2.45) is 0 Å². The minimum Gasteiger partial charge on any atom is -0.339 e. The van der Waals surface area contributed by atoms with Gasteiger partial charge < -0.3 is 4.98 Å². The third-order valence-corrected chi connectivity index (χ3v) is 4.26. The number of H-pyrrole nitrogens is 1. The van der Waals surface area contributed by atoms with Crippen molar-refractivity contribution >= 4 is 11.2 Å². The maximum Gasteiger partial charge on any atom is 0.337 e. The standard InChI is InChI=1S/C19H15FN4O2/c1-12-5-4-7-14(9-12)24-17-16(21-11-22-17)18(25)23(19(24)26)10-13-6-2-3-8-15(13)20/h2-9,11H,10H2,1H3,(H,21,22). The first-order valence-corrected chi connectivity index (χ1v) is 8.05. The van der Waals surface area contributed by atoms with Crippen LogP contribution >= 0.6 is 0 Å². The van der Waals surface area contributed by atoms with Crippen molar-refractivity contribution in [2.45, 2.75) is 13.5 Å². The Kier molecular flexibility index (Phi) is 3.76. The Balaban J connectivity index is 2.02. The summed E-state index contributed by atoms with van der Waals surface area (Å²) in [5.41, 5.74) is 1.16. The molecule has 0 fully saturated rings. The quantitative estimate of drug-likeness (QED) is 0.616. The number of fused-ring (bicyclic) bond motifs is 1. The van der Waals surface area contributed by atoms with Crippen LogP contribution in [-0.4, -0.2) is 19.1 Å². The second-order valence-corrected chi connectivity index (χ2v) is 6.04. The normalized spacial score (nSPS) is 11.2. The summed E-state index contributed by atoms with van der Waals surface area (Å²) >= 11 is 0. The lowest BCUT2D eigenvalue weighted by atomic mass is 10.2. The molecule has 26 heavy (non-hydrogen) atoms. The van der Waals surface area contributed by atoms with E-state index >= 15 is 0 Å². The zero-order chi connectivity index (χ0) is 18.3. The highest BCUT2D eigenvalue weighted by atomic mass is 19.1. The van der Waals surface area contributed by atoms with Gasteiger partial charge in [0, 0.05) is 5.56 Å². The van der Waals surface area contributed by atoms with Crippen LogP contribution in [0.2, 0.25) is 0 Å². The summed E-state index contributed by atoms with van der Waals surface area (Å²) in [6, 6.07) is 13.4. The maximum absolute atomic E-state index is 14.0. The molecule has 0 amide bonds. The van der Waals surface area contributed by atoms with Crippen LogP contribution in [0.5, 0.6) is 0 Å². The molecule has 0 radical (unpaired) electrons. The number of aromatic amines is 1. The molecule has 7 heteroatoms. The number of aryl methyl sites for hydroxylation is 1. The molecule has 6 nitrogen and oxygen atoms in total. The Morgan fingerprint density at radius 2 is 1.92 bits per heavy atom. The van der Waals surface area contributed by atoms with E-state index in [1.54, 1.807) is 24.3 Å².